The fourth-order valence-corrected chi connectivity index (χ4v) is 4.12. The molecule has 138 valence electrons. The molecule has 2 aliphatic rings. The molecule has 0 aromatic carbocycles. The molecule has 1 saturated heterocycles. The molecule has 0 unspecified atom stereocenters. The lowest BCUT2D eigenvalue weighted by molar-refractivity contribution is -0.128. The number of carbonyl (C=O) groups excluding carboxylic acids is 2. The Kier molecular flexibility index (Phi) is 5.76. The minimum Gasteiger partial charge on any atom is -0.361 e. The zero-order chi connectivity index (χ0) is 17.8. The van der Waals surface area contributed by atoms with Crippen LogP contribution in [0.15, 0.2) is 4.52 Å². The van der Waals surface area contributed by atoms with Gasteiger partial charge in [0.1, 0.15) is 5.76 Å². The van der Waals surface area contributed by atoms with Gasteiger partial charge in [-0.3, -0.25) is 9.59 Å². The van der Waals surface area contributed by atoms with Crippen molar-refractivity contribution in [1.82, 2.24) is 15.4 Å². The molecule has 0 radical (unpaired) electrons. The van der Waals surface area contributed by atoms with E-state index in [9.17, 15) is 9.59 Å². The van der Waals surface area contributed by atoms with Gasteiger partial charge in [0.2, 0.25) is 11.8 Å². The van der Waals surface area contributed by atoms with E-state index < -0.39 is 0 Å². The summed E-state index contributed by atoms with van der Waals surface area (Å²) in [7, 11) is 0. The second-order valence-electron chi connectivity index (χ2n) is 7.57. The standard InChI is InChI=1S/C19H29N3O3/c1-13-17(14(2)25-21-13)8-9-18(23)20-16-10-19(24)22(12-16)11-15-6-4-3-5-7-15/h15-16H,3-12H2,1-2H3,(H,20,23)/t16-/m1/s1. The van der Waals surface area contributed by atoms with E-state index in [-0.39, 0.29) is 17.9 Å². The minimum absolute atomic E-state index is 0.00248. The predicted octanol–water partition coefficient (Wildman–Crippen LogP) is 2.52. The molecular weight excluding hydrogens is 318 g/mol. The average molecular weight is 347 g/mol. The molecule has 1 aromatic heterocycles. The van der Waals surface area contributed by atoms with Gasteiger partial charge >= 0.3 is 0 Å². The van der Waals surface area contributed by atoms with Crippen molar-refractivity contribution in [2.45, 2.75) is 71.3 Å². The highest BCUT2D eigenvalue weighted by Crippen LogP contribution is 2.26. The van der Waals surface area contributed by atoms with E-state index in [2.05, 4.69) is 10.5 Å². The molecule has 6 nitrogen and oxygen atoms in total. The molecule has 0 spiro atoms. The summed E-state index contributed by atoms with van der Waals surface area (Å²) in [6, 6.07) is -0.0479. The summed E-state index contributed by atoms with van der Waals surface area (Å²) in [6.45, 7) is 5.28. The van der Waals surface area contributed by atoms with Crippen LogP contribution in [0, 0.1) is 19.8 Å². The van der Waals surface area contributed by atoms with E-state index in [1.807, 2.05) is 18.7 Å². The third-order valence-corrected chi connectivity index (χ3v) is 5.57. The van der Waals surface area contributed by atoms with E-state index >= 15 is 0 Å². The Morgan fingerprint density at radius 1 is 1.28 bits per heavy atom. The number of amides is 2. The van der Waals surface area contributed by atoms with Crippen molar-refractivity contribution >= 4 is 11.8 Å². The number of carbonyl (C=O) groups is 2. The highest BCUT2D eigenvalue weighted by molar-refractivity contribution is 5.82. The Bertz CT molecular complexity index is 600. The lowest BCUT2D eigenvalue weighted by atomic mass is 9.89. The fraction of sp³-hybridized carbons (Fsp3) is 0.737. The molecule has 1 aliphatic carbocycles. The van der Waals surface area contributed by atoms with Crippen LogP contribution in [-0.4, -0.2) is 41.0 Å². The van der Waals surface area contributed by atoms with Crippen LogP contribution in [0.1, 0.15) is 62.0 Å². The Hall–Kier alpha value is -1.85. The van der Waals surface area contributed by atoms with Crippen LogP contribution in [0.25, 0.3) is 0 Å². The molecule has 1 saturated carbocycles. The molecule has 1 N–H and O–H groups in total. The maximum absolute atomic E-state index is 12.2. The molecule has 6 heteroatoms. The van der Waals surface area contributed by atoms with Crippen molar-refractivity contribution in [2.24, 2.45) is 5.92 Å². The summed E-state index contributed by atoms with van der Waals surface area (Å²) < 4.78 is 5.13. The summed E-state index contributed by atoms with van der Waals surface area (Å²) in [5.74, 6) is 1.60. The van der Waals surface area contributed by atoms with Gasteiger partial charge in [-0.1, -0.05) is 24.4 Å². The number of nitrogens with one attached hydrogen (secondary N) is 1. The Labute approximate surface area is 149 Å². The molecule has 2 heterocycles. The zero-order valence-electron chi connectivity index (χ0n) is 15.3. The van der Waals surface area contributed by atoms with Crippen LogP contribution in [0.2, 0.25) is 0 Å². The Morgan fingerprint density at radius 2 is 2.04 bits per heavy atom. The molecule has 3 rings (SSSR count). The van der Waals surface area contributed by atoms with Crippen LogP contribution in [-0.2, 0) is 16.0 Å². The van der Waals surface area contributed by atoms with Gasteiger partial charge < -0.3 is 14.7 Å². The van der Waals surface area contributed by atoms with Gasteiger partial charge in [0.25, 0.3) is 0 Å². The molecule has 0 bridgehead atoms. The third kappa shape index (κ3) is 4.61. The van der Waals surface area contributed by atoms with E-state index in [0.717, 1.165) is 23.6 Å². The van der Waals surface area contributed by atoms with Crippen molar-refractivity contribution in [2.75, 3.05) is 13.1 Å². The van der Waals surface area contributed by atoms with Gasteiger partial charge in [-0.15, -0.1) is 0 Å². The Morgan fingerprint density at radius 3 is 2.72 bits per heavy atom. The predicted molar refractivity (Wildman–Crippen MR) is 94.0 cm³/mol. The van der Waals surface area contributed by atoms with E-state index in [0.29, 0.717) is 31.7 Å². The monoisotopic (exact) mass is 347 g/mol. The first-order valence-corrected chi connectivity index (χ1v) is 9.52. The van der Waals surface area contributed by atoms with Crippen LogP contribution < -0.4 is 5.32 Å². The maximum atomic E-state index is 12.2. The van der Waals surface area contributed by atoms with Gasteiger partial charge in [-0.25, -0.2) is 0 Å². The highest BCUT2D eigenvalue weighted by Gasteiger charge is 2.32. The number of aryl methyl sites for hydroxylation is 2. The average Bonchev–Trinajstić information content (AvgIpc) is 3.09. The molecule has 1 aliphatic heterocycles. The quantitative estimate of drug-likeness (QED) is 0.858. The zero-order valence-corrected chi connectivity index (χ0v) is 15.3. The van der Waals surface area contributed by atoms with Crippen LogP contribution in [0.3, 0.4) is 0 Å². The van der Waals surface area contributed by atoms with E-state index in [1.54, 1.807) is 0 Å². The van der Waals surface area contributed by atoms with Crippen molar-refractivity contribution in [3.05, 3.63) is 17.0 Å². The number of aromatic nitrogens is 1. The summed E-state index contributed by atoms with van der Waals surface area (Å²) in [6.07, 6.45) is 7.83. The fourth-order valence-electron chi connectivity index (χ4n) is 4.12. The van der Waals surface area contributed by atoms with Crippen LogP contribution in [0.4, 0.5) is 0 Å². The lowest BCUT2D eigenvalue weighted by Crippen LogP contribution is -2.38. The first kappa shape index (κ1) is 18.0. The van der Waals surface area contributed by atoms with Gasteiger partial charge in [-0.05, 0) is 39.0 Å². The summed E-state index contributed by atoms with van der Waals surface area (Å²) in [5.41, 5.74) is 1.86. The maximum Gasteiger partial charge on any atom is 0.224 e. The molecule has 2 fully saturated rings. The number of hydrogen-bond acceptors (Lipinski definition) is 4. The second kappa shape index (κ2) is 8.02. The Balaban J connectivity index is 1.43. The lowest BCUT2D eigenvalue weighted by Gasteiger charge is -2.27. The van der Waals surface area contributed by atoms with E-state index in [4.69, 9.17) is 4.52 Å². The summed E-state index contributed by atoms with van der Waals surface area (Å²) in [4.78, 5) is 26.4. The highest BCUT2D eigenvalue weighted by atomic mass is 16.5. The minimum atomic E-state index is -0.0479. The number of likely N-dealkylation sites (tertiary alicyclic amines) is 1. The largest absolute Gasteiger partial charge is 0.361 e. The summed E-state index contributed by atoms with van der Waals surface area (Å²) in [5, 5.41) is 6.94. The summed E-state index contributed by atoms with van der Waals surface area (Å²) >= 11 is 0. The molecule has 1 aromatic rings. The van der Waals surface area contributed by atoms with Crippen LogP contribution in [0.5, 0.6) is 0 Å². The van der Waals surface area contributed by atoms with Crippen molar-refractivity contribution in [3.8, 4) is 0 Å². The molecule has 25 heavy (non-hydrogen) atoms. The number of rotatable bonds is 6. The number of nitrogens with zero attached hydrogens (tertiary/aromatic N) is 2. The molecule has 2 amide bonds. The normalized spacial score (nSPS) is 21.8. The SMILES string of the molecule is Cc1noc(C)c1CCC(=O)N[C@@H]1CC(=O)N(CC2CCCCC2)C1. The number of hydrogen-bond donors (Lipinski definition) is 1. The van der Waals surface area contributed by atoms with Gasteiger partial charge in [0.15, 0.2) is 0 Å². The van der Waals surface area contributed by atoms with Gasteiger partial charge in [0.05, 0.1) is 11.7 Å². The second-order valence-corrected chi connectivity index (χ2v) is 7.57. The smallest absolute Gasteiger partial charge is 0.224 e. The first-order chi connectivity index (χ1) is 12.0. The van der Waals surface area contributed by atoms with E-state index in [1.165, 1.54) is 32.1 Å². The van der Waals surface area contributed by atoms with Gasteiger partial charge in [-0.2, -0.15) is 0 Å². The van der Waals surface area contributed by atoms with Crippen LogP contribution >= 0.6 is 0 Å². The molecule has 1 atom stereocenters. The molecular formula is C19H29N3O3. The van der Waals surface area contributed by atoms with Gasteiger partial charge in [0, 0.05) is 31.5 Å². The first-order valence-electron chi connectivity index (χ1n) is 9.52. The third-order valence-electron chi connectivity index (χ3n) is 5.57. The topological polar surface area (TPSA) is 75.4 Å². The van der Waals surface area contributed by atoms with Crippen molar-refractivity contribution in [3.63, 3.8) is 0 Å². The van der Waals surface area contributed by atoms with Crippen molar-refractivity contribution in [1.29, 1.82) is 0 Å². The van der Waals surface area contributed by atoms with Crippen molar-refractivity contribution < 1.29 is 14.1 Å².